The maximum absolute atomic E-state index is 5.80. The zero-order valence-electron chi connectivity index (χ0n) is 9.67. The molecule has 3 aromatic rings. The molecular weight excluding hydrogens is 268 g/mol. The Balaban J connectivity index is 1.66. The molecule has 0 aliphatic carbocycles. The third kappa shape index (κ3) is 2.71. The molecule has 2 heterocycles. The second-order valence-electron chi connectivity index (χ2n) is 3.71. The number of anilines is 1. The van der Waals surface area contributed by atoms with Crippen LogP contribution in [0, 0.1) is 0 Å². The van der Waals surface area contributed by atoms with Crippen molar-refractivity contribution >= 4 is 17.3 Å². The van der Waals surface area contributed by atoms with Crippen molar-refractivity contribution < 1.29 is 4.52 Å². The molecule has 2 aromatic heterocycles. The van der Waals surface area contributed by atoms with Gasteiger partial charge in [-0.05, 0) is 24.3 Å². The van der Waals surface area contributed by atoms with Gasteiger partial charge in [0.05, 0.1) is 6.54 Å². The fourth-order valence-corrected chi connectivity index (χ4v) is 1.61. The van der Waals surface area contributed by atoms with Crippen molar-refractivity contribution in [3.63, 3.8) is 0 Å². The van der Waals surface area contributed by atoms with E-state index in [9.17, 15) is 0 Å². The van der Waals surface area contributed by atoms with Crippen molar-refractivity contribution in [3.8, 4) is 11.6 Å². The van der Waals surface area contributed by atoms with Crippen LogP contribution in [0.1, 0.15) is 5.89 Å². The van der Waals surface area contributed by atoms with E-state index in [0.717, 1.165) is 5.69 Å². The van der Waals surface area contributed by atoms with Crippen LogP contribution in [-0.2, 0) is 6.54 Å². The van der Waals surface area contributed by atoms with Crippen molar-refractivity contribution in [1.29, 1.82) is 0 Å². The molecule has 0 radical (unpaired) electrons. The van der Waals surface area contributed by atoms with E-state index in [1.807, 2.05) is 12.1 Å². The minimum atomic E-state index is 0.380. The Bertz CT molecular complexity index is 648. The summed E-state index contributed by atoms with van der Waals surface area (Å²) in [5.41, 5.74) is 0.920. The number of aromatic nitrogens is 5. The van der Waals surface area contributed by atoms with Crippen LogP contribution in [0.25, 0.3) is 11.6 Å². The number of rotatable bonds is 4. The molecule has 3 rings (SSSR count). The van der Waals surface area contributed by atoms with E-state index >= 15 is 0 Å². The fraction of sp³-hybridized carbons (Fsp3) is 0.0909. The molecule has 0 saturated carbocycles. The highest BCUT2D eigenvalue weighted by Gasteiger charge is 2.10. The first-order valence-electron chi connectivity index (χ1n) is 5.49. The third-order valence-corrected chi connectivity index (χ3v) is 2.63. The van der Waals surface area contributed by atoms with Gasteiger partial charge >= 0.3 is 0 Å². The average molecular weight is 277 g/mol. The van der Waals surface area contributed by atoms with Crippen molar-refractivity contribution in [2.24, 2.45) is 0 Å². The lowest BCUT2D eigenvalue weighted by Gasteiger charge is -2.02. The molecule has 0 aliphatic rings. The maximum atomic E-state index is 5.80. The molecule has 0 bridgehead atoms. The van der Waals surface area contributed by atoms with Gasteiger partial charge in [-0.15, -0.1) is 0 Å². The first kappa shape index (κ1) is 11.7. The Labute approximate surface area is 113 Å². The Morgan fingerprint density at radius 2 is 2.11 bits per heavy atom. The standard InChI is InChI=1S/C11H9ClN6O/c12-7-1-3-8(4-2-7)13-5-9-16-11(18-19-9)10-14-6-15-17-10/h1-4,6,13H,5H2,(H,14,15,17). The minimum absolute atomic E-state index is 0.380. The number of H-pyrrole nitrogens is 1. The SMILES string of the molecule is Clc1ccc(NCc2nc(-c3ncn[nH]3)no2)cc1. The summed E-state index contributed by atoms with van der Waals surface area (Å²) in [6, 6.07) is 7.35. The van der Waals surface area contributed by atoms with Crippen molar-refractivity contribution in [2.75, 3.05) is 5.32 Å². The summed E-state index contributed by atoms with van der Waals surface area (Å²) in [6.07, 6.45) is 1.39. The van der Waals surface area contributed by atoms with Gasteiger partial charge in [0.15, 0.2) is 5.82 Å². The highest BCUT2D eigenvalue weighted by Crippen LogP contribution is 2.15. The molecule has 8 heteroatoms. The van der Waals surface area contributed by atoms with Gasteiger partial charge in [-0.3, -0.25) is 5.10 Å². The van der Waals surface area contributed by atoms with Crippen LogP contribution in [0.2, 0.25) is 5.02 Å². The predicted octanol–water partition coefficient (Wildman–Crippen LogP) is 2.12. The van der Waals surface area contributed by atoms with Crippen molar-refractivity contribution in [2.45, 2.75) is 6.54 Å². The number of aromatic amines is 1. The van der Waals surface area contributed by atoms with Crippen LogP contribution >= 0.6 is 11.6 Å². The van der Waals surface area contributed by atoms with Crippen LogP contribution in [-0.4, -0.2) is 25.3 Å². The second-order valence-corrected chi connectivity index (χ2v) is 4.14. The van der Waals surface area contributed by atoms with Gasteiger partial charge in [0.25, 0.3) is 0 Å². The topological polar surface area (TPSA) is 92.5 Å². The Hall–Kier alpha value is -2.41. The zero-order valence-corrected chi connectivity index (χ0v) is 10.4. The number of nitrogens with zero attached hydrogens (tertiary/aromatic N) is 4. The highest BCUT2D eigenvalue weighted by atomic mass is 35.5. The monoisotopic (exact) mass is 276 g/mol. The van der Waals surface area contributed by atoms with E-state index in [1.54, 1.807) is 12.1 Å². The second kappa shape index (κ2) is 5.07. The van der Waals surface area contributed by atoms with E-state index in [0.29, 0.717) is 29.1 Å². The van der Waals surface area contributed by atoms with E-state index in [4.69, 9.17) is 16.1 Å². The Morgan fingerprint density at radius 1 is 1.26 bits per heavy atom. The quantitative estimate of drug-likeness (QED) is 0.758. The minimum Gasteiger partial charge on any atom is -0.376 e. The summed E-state index contributed by atoms with van der Waals surface area (Å²) in [5.74, 6) is 1.31. The first-order valence-corrected chi connectivity index (χ1v) is 5.87. The highest BCUT2D eigenvalue weighted by molar-refractivity contribution is 6.30. The predicted molar refractivity (Wildman–Crippen MR) is 68.5 cm³/mol. The number of benzene rings is 1. The average Bonchev–Trinajstić information content (AvgIpc) is 3.09. The third-order valence-electron chi connectivity index (χ3n) is 2.38. The molecule has 0 amide bonds. The summed E-state index contributed by atoms with van der Waals surface area (Å²) >= 11 is 5.80. The van der Waals surface area contributed by atoms with Crippen LogP contribution in [0.4, 0.5) is 5.69 Å². The van der Waals surface area contributed by atoms with E-state index in [2.05, 4.69) is 30.6 Å². The van der Waals surface area contributed by atoms with Crippen LogP contribution < -0.4 is 5.32 Å². The molecule has 0 unspecified atom stereocenters. The number of hydrogen-bond donors (Lipinski definition) is 2. The number of hydrogen-bond acceptors (Lipinski definition) is 6. The van der Waals surface area contributed by atoms with Crippen LogP contribution in [0.15, 0.2) is 35.1 Å². The molecule has 96 valence electrons. The summed E-state index contributed by atoms with van der Waals surface area (Å²) in [4.78, 5) is 8.13. The smallest absolute Gasteiger partial charge is 0.246 e. The van der Waals surface area contributed by atoms with Gasteiger partial charge in [0.1, 0.15) is 6.33 Å². The molecule has 0 atom stereocenters. The Morgan fingerprint density at radius 3 is 2.84 bits per heavy atom. The lowest BCUT2D eigenvalue weighted by Crippen LogP contribution is -1.99. The largest absolute Gasteiger partial charge is 0.376 e. The molecule has 19 heavy (non-hydrogen) atoms. The summed E-state index contributed by atoms with van der Waals surface area (Å²) in [5, 5.41) is 14.0. The molecular formula is C11H9ClN6O. The normalized spacial score (nSPS) is 10.6. The first-order chi connectivity index (χ1) is 9.31. The fourth-order valence-electron chi connectivity index (χ4n) is 1.48. The van der Waals surface area contributed by atoms with Crippen LogP contribution in [0.5, 0.6) is 0 Å². The van der Waals surface area contributed by atoms with Crippen molar-refractivity contribution in [1.82, 2.24) is 25.3 Å². The van der Waals surface area contributed by atoms with Gasteiger partial charge < -0.3 is 9.84 Å². The van der Waals surface area contributed by atoms with Gasteiger partial charge in [0, 0.05) is 10.7 Å². The van der Waals surface area contributed by atoms with E-state index in [-0.39, 0.29) is 0 Å². The molecule has 7 nitrogen and oxygen atoms in total. The molecule has 0 aliphatic heterocycles. The molecule has 2 N–H and O–H groups in total. The maximum Gasteiger partial charge on any atom is 0.246 e. The van der Waals surface area contributed by atoms with E-state index < -0.39 is 0 Å². The van der Waals surface area contributed by atoms with Gasteiger partial charge in [-0.1, -0.05) is 16.8 Å². The molecule has 0 spiro atoms. The molecule has 1 aromatic carbocycles. The lowest BCUT2D eigenvalue weighted by molar-refractivity contribution is 0.384. The van der Waals surface area contributed by atoms with Gasteiger partial charge in [0.2, 0.25) is 11.7 Å². The van der Waals surface area contributed by atoms with E-state index in [1.165, 1.54) is 6.33 Å². The summed E-state index contributed by atoms with van der Waals surface area (Å²) in [7, 11) is 0. The Kier molecular flexibility index (Phi) is 3.11. The van der Waals surface area contributed by atoms with Crippen molar-refractivity contribution in [3.05, 3.63) is 41.5 Å². The lowest BCUT2D eigenvalue weighted by atomic mass is 10.3. The summed E-state index contributed by atoms with van der Waals surface area (Å²) in [6.45, 7) is 0.419. The zero-order chi connectivity index (χ0) is 13.1. The van der Waals surface area contributed by atoms with Crippen LogP contribution in [0.3, 0.4) is 0 Å². The number of halogens is 1. The van der Waals surface area contributed by atoms with Gasteiger partial charge in [-0.2, -0.15) is 10.1 Å². The number of nitrogens with one attached hydrogen (secondary N) is 2. The summed E-state index contributed by atoms with van der Waals surface area (Å²) < 4.78 is 5.10. The molecule has 0 saturated heterocycles. The molecule has 0 fully saturated rings. The van der Waals surface area contributed by atoms with Gasteiger partial charge in [-0.25, -0.2) is 4.98 Å².